The van der Waals surface area contributed by atoms with E-state index in [-0.39, 0.29) is 18.5 Å². The van der Waals surface area contributed by atoms with E-state index in [0.29, 0.717) is 11.1 Å². The van der Waals surface area contributed by atoms with E-state index in [1.807, 2.05) is 12.1 Å². The largest absolute Gasteiger partial charge is 0.331 e. The summed E-state index contributed by atoms with van der Waals surface area (Å²) in [5, 5.41) is 0. The van der Waals surface area contributed by atoms with Crippen molar-refractivity contribution in [3.8, 4) is 0 Å². The fourth-order valence-electron chi connectivity index (χ4n) is 2.34. The molecular formula is C17H14F2INO. The zero-order valence-corrected chi connectivity index (χ0v) is 13.9. The molecule has 22 heavy (non-hydrogen) atoms. The topological polar surface area (TPSA) is 20.3 Å². The monoisotopic (exact) mass is 413 g/mol. The number of carbonyl (C=O) groups excluding carboxylic acids is 1. The third kappa shape index (κ3) is 3.45. The molecule has 0 saturated heterocycles. The van der Waals surface area contributed by atoms with Gasteiger partial charge in [-0.2, -0.15) is 0 Å². The minimum absolute atomic E-state index is 0.109. The van der Waals surface area contributed by atoms with Gasteiger partial charge in [-0.05, 0) is 65.8 Å². The van der Waals surface area contributed by atoms with Gasteiger partial charge in [0.1, 0.15) is 11.6 Å². The van der Waals surface area contributed by atoms with E-state index in [4.69, 9.17) is 0 Å². The highest BCUT2D eigenvalue weighted by Gasteiger charge is 2.33. The number of carbonyl (C=O) groups is 1. The third-order valence-electron chi connectivity index (χ3n) is 3.70. The lowest BCUT2D eigenvalue weighted by molar-refractivity contribution is 0.0728. The van der Waals surface area contributed by atoms with Crippen LogP contribution in [-0.4, -0.2) is 16.8 Å². The molecule has 1 saturated carbocycles. The number of nitrogens with zero attached hydrogens (tertiary/aromatic N) is 1. The molecule has 114 valence electrons. The number of amides is 1. The molecule has 3 rings (SSSR count). The lowest BCUT2D eigenvalue weighted by Crippen LogP contribution is -2.33. The van der Waals surface area contributed by atoms with Gasteiger partial charge in [0.2, 0.25) is 0 Å². The molecule has 0 unspecified atom stereocenters. The second kappa shape index (κ2) is 6.32. The molecule has 5 heteroatoms. The molecule has 2 aromatic carbocycles. The first-order valence-electron chi connectivity index (χ1n) is 7.05. The summed E-state index contributed by atoms with van der Waals surface area (Å²) in [6.07, 6.45) is 1.86. The zero-order chi connectivity index (χ0) is 15.7. The van der Waals surface area contributed by atoms with Crippen LogP contribution in [0.4, 0.5) is 8.78 Å². The van der Waals surface area contributed by atoms with E-state index in [1.54, 1.807) is 17.0 Å². The normalized spacial score (nSPS) is 14.0. The van der Waals surface area contributed by atoms with E-state index in [0.717, 1.165) is 22.5 Å². The number of halogens is 3. The van der Waals surface area contributed by atoms with Crippen LogP contribution in [0.2, 0.25) is 0 Å². The minimum Gasteiger partial charge on any atom is -0.331 e. The molecule has 2 aromatic rings. The summed E-state index contributed by atoms with van der Waals surface area (Å²) in [6.45, 7) is 0.168. The van der Waals surface area contributed by atoms with Gasteiger partial charge in [-0.3, -0.25) is 4.79 Å². The lowest BCUT2D eigenvalue weighted by atomic mass is 10.1. The number of hydrogen-bond donors (Lipinski definition) is 0. The molecule has 0 spiro atoms. The maximum absolute atomic E-state index is 13.8. The van der Waals surface area contributed by atoms with Gasteiger partial charge in [0, 0.05) is 33.4 Å². The molecule has 1 amide bonds. The molecule has 0 bridgehead atoms. The van der Waals surface area contributed by atoms with Gasteiger partial charge in [-0.1, -0.05) is 6.07 Å². The number of benzene rings is 2. The average molecular weight is 413 g/mol. The maximum Gasteiger partial charge on any atom is 0.254 e. The maximum atomic E-state index is 13.8. The molecule has 0 N–H and O–H groups in total. The predicted octanol–water partition coefficient (Wildman–Crippen LogP) is 4.37. The number of rotatable bonds is 4. The van der Waals surface area contributed by atoms with Gasteiger partial charge >= 0.3 is 0 Å². The van der Waals surface area contributed by atoms with Crippen LogP contribution in [0.3, 0.4) is 0 Å². The van der Waals surface area contributed by atoms with Crippen molar-refractivity contribution in [2.75, 3.05) is 0 Å². The van der Waals surface area contributed by atoms with Gasteiger partial charge in [0.05, 0.1) is 0 Å². The molecule has 0 aromatic heterocycles. The van der Waals surface area contributed by atoms with E-state index in [9.17, 15) is 13.6 Å². The van der Waals surface area contributed by atoms with E-state index in [2.05, 4.69) is 22.6 Å². The Balaban J connectivity index is 1.83. The van der Waals surface area contributed by atoms with Crippen molar-refractivity contribution in [3.05, 3.63) is 68.8 Å². The lowest BCUT2D eigenvalue weighted by Gasteiger charge is -2.23. The summed E-state index contributed by atoms with van der Waals surface area (Å²) in [7, 11) is 0. The van der Waals surface area contributed by atoms with Gasteiger partial charge in [0.15, 0.2) is 0 Å². The molecule has 2 nitrogen and oxygen atoms in total. The molecule has 0 heterocycles. The molecule has 0 atom stereocenters. The smallest absolute Gasteiger partial charge is 0.254 e. The van der Waals surface area contributed by atoms with Crippen LogP contribution in [0.5, 0.6) is 0 Å². The first-order valence-corrected chi connectivity index (χ1v) is 8.13. The highest BCUT2D eigenvalue weighted by atomic mass is 127. The van der Waals surface area contributed by atoms with Gasteiger partial charge in [-0.15, -0.1) is 0 Å². The summed E-state index contributed by atoms with van der Waals surface area (Å²) in [5.41, 5.74) is 0.932. The minimum atomic E-state index is -0.610. The third-order valence-corrected chi connectivity index (χ3v) is 4.41. The van der Waals surface area contributed by atoms with Crippen LogP contribution >= 0.6 is 22.6 Å². The van der Waals surface area contributed by atoms with Crippen LogP contribution in [0.25, 0.3) is 0 Å². The van der Waals surface area contributed by atoms with Crippen LogP contribution in [0.15, 0.2) is 42.5 Å². The molecular weight excluding hydrogens is 399 g/mol. The first-order chi connectivity index (χ1) is 10.5. The Kier molecular flexibility index (Phi) is 4.42. The standard InChI is InChI=1S/C17H14F2INO/c18-13-4-1-12(16(19)9-13)10-21(15-7-8-15)17(22)11-2-5-14(20)6-3-11/h1-6,9,15H,7-8,10H2. The van der Waals surface area contributed by atoms with E-state index in [1.165, 1.54) is 12.1 Å². The fraction of sp³-hybridized carbons (Fsp3) is 0.235. The van der Waals surface area contributed by atoms with Crippen LogP contribution in [-0.2, 0) is 6.54 Å². The Labute approximate surface area is 141 Å². The predicted molar refractivity (Wildman–Crippen MR) is 88.4 cm³/mol. The van der Waals surface area contributed by atoms with Crippen LogP contribution in [0, 0.1) is 15.2 Å². The fourth-order valence-corrected chi connectivity index (χ4v) is 2.70. The summed E-state index contributed by atoms with van der Waals surface area (Å²) < 4.78 is 27.9. The second-order valence-electron chi connectivity index (χ2n) is 5.41. The van der Waals surface area contributed by atoms with E-state index < -0.39 is 11.6 Å². The molecule has 0 radical (unpaired) electrons. The van der Waals surface area contributed by atoms with Gasteiger partial charge < -0.3 is 4.90 Å². The van der Waals surface area contributed by atoms with Gasteiger partial charge in [-0.25, -0.2) is 8.78 Å². The highest BCUT2D eigenvalue weighted by Crippen LogP contribution is 2.30. The SMILES string of the molecule is O=C(c1ccc(I)cc1)N(Cc1ccc(F)cc1F)C1CC1. The van der Waals surface area contributed by atoms with Gasteiger partial charge in [0.25, 0.3) is 5.91 Å². The molecule has 0 aliphatic heterocycles. The number of hydrogen-bond acceptors (Lipinski definition) is 1. The quantitative estimate of drug-likeness (QED) is 0.682. The Hall–Kier alpha value is -1.50. The summed E-state index contributed by atoms with van der Waals surface area (Å²) in [4.78, 5) is 14.3. The summed E-state index contributed by atoms with van der Waals surface area (Å²) >= 11 is 2.18. The molecule has 1 aliphatic carbocycles. The summed E-state index contributed by atoms with van der Waals surface area (Å²) in [6, 6.07) is 10.9. The van der Waals surface area contributed by atoms with Crippen molar-refractivity contribution < 1.29 is 13.6 Å². The first kappa shape index (κ1) is 15.4. The van der Waals surface area contributed by atoms with Crippen LogP contribution < -0.4 is 0 Å². The zero-order valence-electron chi connectivity index (χ0n) is 11.7. The Morgan fingerprint density at radius 2 is 1.82 bits per heavy atom. The Morgan fingerprint density at radius 1 is 1.14 bits per heavy atom. The second-order valence-corrected chi connectivity index (χ2v) is 6.65. The van der Waals surface area contributed by atoms with Crippen molar-refractivity contribution in [1.29, 1.82) is 0 Å². The van der Waals surface area contributed by atoms with Crippen molar-refractivity contribution in [1.82, 2.24) is 4.90 Å². The van der Waals surface area contributed by atoms with Crippen molar-refractivity contribution in [2.24, 2.45) is 0 Å². The average Bonchev–Trinajstić information content (AvgIpc) is 3.31. The van der Waals surface area contributed by atoms with E-state index >= 15 is 0 Å². The Morgan fingerprint density at radius 3 is 2.41 bits per heavy atom. The molecule has 1 aliphatic rings. The highest BCUT2D eigenvalue weighted by molar-refractivity contribution is 14.1. The van der Waals surface area contributed by atoms with Crippen molar-refractivity contribution >= 4 is 28.5 Å². The van der Waals surface area contributed by atoms with Crippen LogP contribution in [0.1, 0.15) is 28.8 Å². The summed E-state index contributed by atoms with van der Waals surface area (Å²) in [5.74, 6) is -1.33. The molecule has 1 fully saturated rings. The van der Waals surface area contributed by atoms with Crippen molar-refractivity contribution in [2.45, 2.75) is 25.4 Å². The Bertz CT molecular complexity index is 698. The van der Waals surface area contributed by atoms with Crippen molar-refractivity contribution in [3.63, 3.8) is 0 Å².